The maximum Gasteiger partial charge on any atom is 0.236 e. The Morgan fingerprint density at radius 2 is 2.08 bits per heavy atom. The molecule has 3 N–H and O–H groups in total. The van der Waals surface area contributed by atoms with Crippen molar-refractivity contribution in [2.45, 2.75) is 18.4 Å². The van der Waals surface area contributed by atoms with Gasteiger partial charge in [-0.15, -0.1) is 5.10 Å². The predicted molar refractivity (Wildman–Crippen MR) is 98.5 cm³/mol. The summed E-state index contributed by atoms with van der Waals surface area (Å²) in [6, 6.07) is 7.70. The number of amides is 1. The number of aliphatic hydroxyl groups excluding tert-OH is 1. The molecule has 1 aromatic carbocycles. The number of fused-ring (bicyclic) bond motifs is 2. The number of aromatic nitrogens is 3. The van der Waals surface area contributed by atoms with Crippen LogP contribution in [0.1, 0.15) is 17.9 Å². The molecule has 3 heterocycles. The second-order valence-corrected chi connectivity index (χ2v) is 6.56. The molecule has 6 nitrogen and oxygen atoms in total. The highest BCUT2D eigenvalue weighted by molar-refractivity contribution is 6.09. The van der Waals surface area contributed by atoms with Crippen LogP contribution in [0.15, 0.2) is 60.5 Å². The topological polar surface area (TPSA) is 90.9 Å². The van der Waals surface area contributed by atoms with E-state index in [-0.39, 0.29) is 5.91 Å². The highest BCUT2D eigenvalue weighted by atomic mass is 16.3. The highest BCUT2D eigenvalue weighted by Crippen LogP contribution is 2.42. The van der Waals surface area contributed by atoms with Crippen LogP contribution in [0.25, 0.3) is 22.2 Å². The molecule has 6 heteroatoms. The van der Waals surface area contributed by atoms with Crippen molar-refractivity contribution in [3.8, 4) is 11.1 Å². The average molecular weight is 344 g/mol. The predicted octanol–water partition coefficient (Wildman–Crippen LogP) is 2.91. The summed E-state index contributed by atoms with van der Waals surface area (Å²) in [6.07, 6.45) is 9.06. The molecule has 5 rings (SSSR count). The number of carbonyl (C=O) groups excluding carboxylic acids is 1. The van der Waals surface area contributed by atoms with Gasteiger partial charge in [0.2, 0.25) is 5.91 Å². The Morgan fingerprint density at radius 1 is 1.19 bits per heavy atom. The minimum Gasteiger partial charge on any atom is -0.389 e. The molecule has 26 heavy (non-hydrogen) atoms. The van der Waals surface area contributed by atoms with Crippen molar-refractivity contribution >= 4 is 22.6 Å². The Balaban J connectivity index is 1.80. The molecule has 0 bridgehead atoms. The van der Waals surface area contributed by atoms with Crippen LogP contribution in [0.3, 0.4) is 0 Å². The van der Waals surface area contributed by atoms with Crippen LogP contribution in [-0.2, 0) is 4.79 Å². The maximum atomic E-state index is 13.2. The van der Waals surface area contributed by atoms with Crippen molar-refractivity contribution in [1.29, 1.82) is 0 Å². The van der Waals surface area contributed by atoms with Gasteiger partial charge in [0, 0.05) is 28.4 Å². The van der Waals surface area contributed by atoms with Crippen molar-refractivity contribution in [3.05, 3.63) is 66.0 Å². The van der Waals surface area contributed by atoms with E-state index in [1.54, 1.807) is 12.3 Å². The van der Waals surface area contributed by atoms with Gasteiger partial charge in [0.15, 0.2) is 5.65 Å². The zero-order valence-electron chi connectivity index (χ0n) is 13.8. The Hall–Kier alpha value is -3.25. The zero-order chi connectivity index (χ0) is 17.7. The van der Waals surface area contributed by atoms with Gasteiger partial charge < -0.3 is 15.4 Å². The molecule has 1 aliphatic heterocycles. The third-order valence-electron chi connectivity index (χ3n) is 4.99. The van der Waals surface area contributed by atoms with Gasteiger partial charge in [-0.05, 0) is 23.6 Å². The van der Waals surface area contributed by atoms with Gasteiger partial charge in [0.1, 0.15) is 0 Å². The van der Waals surface area contributed by atoms with Crippen molar-refractivity contribution in [1.82, 2.24) is 15.2 Å². The van der Waals surface area contributed by atoms with E-state index < -0.39 is 12.0 Å². The number of nitrogens with zero attached hydrogens (tertiary/aromatic N) is 2. The average Bonchev–Trinajstić information content (AvgIpc) is 3.07. The molecule has 2 atom stereocenters. The molecule has 2 unspecified atom stereocenters. The molecule has 2 aliphatic rings. The van der Waals surface area contributed by atoms with E-state index in [9.17, 15) is 9.90 Å². The maximum absolute atomic E-state index is 13.2. The first-order valence-electron chi connectivity index (χ1n) is 8.51. The Kier molecular flexibility index (Phi) is 3.26. The lowest BCUT2D eigenvalue weighted by atomic mass is 9.84. The number of anilines is 1. The number of H-pyrrole nitrogens is 1. The molecule has 2 aromatic heterocycles. The summed E-state index contributed by atoms with van der Waals surface area (Å²) in [5.74, 6) is -0.586. The van der Waals surface area contributed by atoms with Crippen molar-refractivity contribution in [2.24, 2.45) is 0 Å². The van der Waals surface area contributed by atoms with Gasteiger partial charge in [0.25, 0.3) is 0 Å². The molecule has 1 aliphatic carbocycles. The van der Waals surface area contributed by atoms with Gasteiger partial charge in [-0.2, -0.15) is 5.10 Å². The Morgan fingerprint density at radius 3 is 2.92 bits per heavy atom. The summed E-state index contributed by atoms with van der Waals surface area (Å²) in [7, 11) is 0. The quantitative estimate of drug-likeness (QED) is 0.633. The number of allylic oxidation sites excluding steroid dienone is 1. The van der Waals surface area contributed by atoms with E-state index in [1.165, 1.54) is 0 Å². The smallest absolute Gasteiger partial charge is 0.236 e. The molecule has 0 spiro atoms. The van der Waals surface area contributed by atoms with E-state index >= 15 is 0 Å². The lowest BCUT2D eigenvalue weighted by molar-refractivity contribution is -0.116. The van der Waals surface area contributed by atoms with Gasteiger partial charge in [0.05, 0.1) is 18.2 Å². The molecule has 3 aromatic rings. The third kappa shape index (κ3) is 2.19. The van der Waals surface area contributed by atoms with Crippen LogP contribution in [0.5, 0.6) is 0 Å². The summed E-state index contributed by atoms with van der Waals surface area (Å²) in [5.41, 5.74) is 5.01. The van der Waals surface area contributed by atoms with Gasteiger partial charge in [-0.1, -0.05) is 36.4 Å². The lowest BCUT2D eigenvalue weighted by Gasteiger charge is -2.24. The van der Waals surface area contributed by atoms with Gasteiger partial charge >= 0.3 is 0 Å². The Labute approximate surface area is 149 Å². The standard InChI is InChI=1S/C20H16N4O2/c25-12-7-5-11(6-8-12)17-15-9-21-19-18(15)14(10-22-24-19)13-3-1-2-4-16(13)23-20(17)26/h1-7,9-10,12,17,25H,8H2,(H,21,24)(H,23,26). The summed E-state index contributed by atoms with van der Waals surface area (Å²) in [4.78, 5) is 16.3. The molecule has 128 valence electrons. The fraction of sp³-hybridized carbons (Fsp3) is 0.150. The van der Waals surface area contributed by atoms with Crippen LogP contribution >= 0.6 is 0 Å². The number of carbonyl (C=O) groups is 1. The molecule has 1 amide bonds. The number of aliphatic hydroxyl groups is 1. The second kappa shape index (κ2) is 5.64. The first kappa shape index (κ1) is 15.0. The zero-order valence-corrected chi connectivity index (χ0v) is 13.8. The second-order valence-electron chi connectivity index (χ2n) is 6.56. The number of benzene rings is 1. The van der Waals surface area contributed by atoms with Gasteiger partial charge in [-0.3, -0.25) is 4.79 Å². The SMILES string of the molecule is O=C1Nc2ccccc2-c2cnnc3[nH]cc(c23)C1C1=CCC(O)C=C1. The summed E-state index contributed by atoms with van der Waals surface area (Å²) in [5, 5.41) is 22.0. The number of hydrogen-bond donors (Lipinski definition) is 3. The lowest BCUT2D eigenvalue weighted by Crippen LogP contribution is -2.25. The summed E-state index contributed by atoms with van der Waals surface area (Å²) >= 11 is 0. The van der Waals surface area contributed by atoms with E-state index in [2.05, 4.69) is 20.5 Å². The number of aromatic amines is 1. The first-order valence-corrected chi connectivity index (χ1v) is 8.51. The van der Waals surface area contributed by atoms with Crippen LogP contribution in [0.4, 0.5) is 5.69 Å². The monoisotopic (exact) mass is 344 g/mol. The number of para-hydroxylation sites is 1. The third-order valence-corrected chi connectivity index (χ3v) is 4.99. The van der Waals surface area contributed by atoms with Crippen molar-refractivity contribution in [2.75, 3.05) is 5.32 Å². The fourth-order valence-corrected chi connectivity index (χ4v) is 3.77. The number of rotatable bonds is 1. The molecule has 0 saturated carbocycles. The summed E-state index contributed by atoms with van der Waals surface area (Å²) < 4.78 is 0. The molecule has 0 fully saturated rings. The first-order chi connectivity index (χ1) is 12.7. The Bertz CT molecular complexity index is 1100. The van der Waals surface area contributed by atoms with Crippen LogP contribution < -0.4 is 5.32 Å². The van der Waals surface area contributed by atoms with Gasteiger partial charge in [-0.25, -0.2) is 0 Å². The van der Waals surface area contributed by atoms with E-state index in [0.717, 1.165) is 33.3 Å². The number of nitrogens with one attached hydrogen (secondary N) is 2. The summed E-state index contributed by atoms with van der Waals surface area (Å²) in [6.45, 7) is 0. The van der Waals surface area contributed by atoms with Crippen LogP contribution in [0.2, 0.25) is 0 Å². The minimum absolute atomic E-state index is 0.104. The van der Waals surface area contributed by atoms with Crippen molar-refractivity contribution < 1.29 is 9.90 Å². The molecule has 0 saturated heterocycles. The van der Waals surface area contributed by atoms with E-state index in [4.69, 9.17) is 0 Å². The fourth-order valence-electron chi connectivity index (χ4n) is 3.77. The minimum atomic E-state index is -0.500. The van der Waals surface area contributed by atoms with Crippen molar-refractivity contribution in [3.63, 3.8) is 0 Å². The largest absolute Gasteiger partial charge is 0.389 e. The van der Waals surface area contributed by atoms with E-state index in [0.29, 0.717) is 12.1 Å². The number of hydrogen-bond acceptors (Lipinski definition) is 4. The molecule has 0 radical (unpaired) electrons. The van der Waals surface area contributed by atoms with Crippen LogP contribution in [0, 0.1) is 0 Å². The van der Waals surface area contributed by atoms with Crippen LogP contribution in [-0.4, -0.2) is 32.3 Å². The molecular weight excluding hydrogens is 328 g/mol. The highest BCUT2D eigenvalue weighted by Gasteiger charge is 2.31. The van der Waals surface area contributed by atoms with E-state index in [1.807, 2.05) is 42.6 Å². The normalized spacial score (nSPS) is 21.6. The molecular formula is C20H16N4O2.